The predicted octanol–water partition coefficient (Wildman–Crippen LogP) is 0.386. The van der Waals surface area contributed by atoms with Crippen molar-refractivity contribution in [1.29, 1.82) is 5.26 Å². The van der Waals surface area contributed by atoms with E-state index in [9.17, 15) is 9.18 Å². The molecule has 10 heavy (non-hydrogen) atoms. The summed E-state index contributed by atoms with van der Waals surface area (Å²) in [6.07, 6.45) is 0. The Bertz CT molecular complexity index is 336. The van der Waals surface area contributed by atoms with Gasteiger partial charge in [0.05, 0.1) is 0 Å². The van der Waals surface area contributed by atoms with Gasteiger partial charge in [0.25, 0.3) is 5.56 Å². The highest BCUT2D eigenvalue weighted by Crippen LogP contribution is 1.92. The van der Waals surface area contributed by atoms with E-state index in [1.54, 1.807) is 6.07 Å². The standard InChI is InChI=1S/C6H3FN2O/c7-4-1-5(3-8)9-6(10)2-4/h1-2H,(H,9,10). The van der Waals surface area contributed by atoms with Gasteiger partial charge in [-0.15, -0.1) is 0 Å². The topological polar surface area (TPSA) is 56.6 Å². The first-order valence-corrected chi connectivity index (χ1v) is 2.52. The van der Waals surface area contributed by atoms with Gasteiger partial charge in [-0.2, -0.15) is 5.26 Å². The lowest BCUT2D eigenvalue weighted by atomic mass is 10.4. The normalized spacial score (nSPS) is 8.80. The first-order chi connectivity index (χ1) is 4.72. The van der Waals surface area contributed by atoms with E-state index in [2.05, 4.69) is 4.98 Å². The van der Waals surface area contributed by atoms with Crippen LogP contribution in [-0.4, -0.2) is 4.98 Å². The average molecular weight is 138 g/mol. The minimum Gasteiger partial charge on any atom is -0.314 e. The zero-order valence-corrected chi connectivity index (χ0v) is 4.89. The zero-order valence-electron chi connectivity index (χ0n) is 4.89. The van der Waals surface area contributed by atoms with Crippen molar-refractivity contribution in [3.05, 3.63) is 34.0 Å². The molecular weight excluding hydrogens is 135 g/mol. The van der Waals surface area contributed by atoms with Crippen LogP contribution in [0.1, 0.15) is 5.69 Å². The van der Waals surface area contributed by atoms with E-state index < -0.39 is 11.4 Å². The molecule has 0 amide bonds. The van der Waals surface area contributed by atoms with Gasteiger partial charge in [0.2, 0.25) is 0 Å². The molecule has 0 unspecified atom stereocenters. The molecule has 0 radical (unpaired) electrons. The van der Waals surface area contributed by atoms with Gasteiger partial charge in [0.15, 0.2) is 0 Å². The van der Waals surface area contributed by atoms with Crippen LogP contribution < -0.4 is 5.56 Å². The highest BCUT2D eigenvalue weighted by Gasteiger charge is 1.94. The van der Waals surface area contributed by atoms with Crippen LogP contribution >= 0.6 is 0 Å². The number of hydrogen-bond acceptors (Lipinski definition) is 2. The van der Waals surface area contributed by atoms with Crippen LogP contribution in [0.5, 0.6) is 0 Å². The molecule has 0 saturated heterocycles. The number of nitrogens with zero attached hydrogens (tertiary/aromatic N) is 1. The van der Waals surface area contributed by atoms with Crippen molar-refractivity contribution in [2.45, 2.75) is 0 Å². The van der Waals surface area contributed by atoms with Crippen LogP contribution in [0.15, 0.2) is 16.9 Å². The number of rotatable bonds is 0. The molecule has 3 nitrogen and oxygen atoms in total. The summed E-state index contributed by atoms with van der Waals surface area (Å²) in [7, 11) is 0. The fraction of sp³-hybridized carbons (Fsp3) is 0. The van der Waals surface area contributed by atoms with Gasteiger partial charge in [-0.1, -0.05) is 0 Å². The average Bonchev–Trinajstić information content (AvgIpc) is 1.85. The molecule has 0 atom stereocenters. The maximum Gasteiger partial charge on any atom is 0.251 e. The largest absolute Gasteiger partial charge is 0.314 e. The van der Waals surface area contributed by atoms with Crippen LogP contribution in [0, 0.1) is 17.1 Å². The molecule has 0 aromatic carbocycles. The van der Waals surface area contributed by atoms with Gasteiger partial charge in [0.1, 0.15) is 17.6 Å². The maximum absolute atomic E-state index is 12.2. The Morgan fingerprint density at radius 2 is 2.30 bits per heavy atom. The minimum absolute atomic E-state index is 0.0648. The SMILES string of the molecule is N#Cc1cc(F)cc(=O)[nH]1. The molecule has 0 spiro atoms. The Hall–Kier alpha value is -1.63. The molecule has 0 saturated carbocycles. The molecule has 1 N–H and O–H groups in total. The molecule has 0 aliphatic heterocycles. The molecule has 0 aliphatic carbocycles. The maximum atomic E-state index is 12.2. The third-order valence-corrected chi connectivity index (χ3v) is 0.930. The van der Waals surface area contributed by atoms with Crippen LogP contribution in [-0.2, 0) is 0 Å². The van der Waals surface area contributed by atoms with Crippen molar-refractivity contribution in [3.8, 4) is 6.07 Å². The Labute approximate surface area is 55.7 Å². The van der Waals surface area contributed by atoms with Gasteiger partial charge in [-0.25, -0.2) is 4.39 Å². The van der Waals surface area contributed by atoms with Crippen molar-refractivity contribution in [2.24, 2.45) is 0 Å². The summed E-state index contributed by atoms with van der Waals surface area (Å²) < 4.78 is 12.2. The van der Waals surface area contributed by atoms with Gasteiger partial charge in [-0.05, 0) is 0 Å². The number of H-pyrrole nitrogens is 1. The fourth-order valence-corrected chi connectivity index (χ4v) is 0.570. The van der Waals surface area contributed by atoms with Crippen molar-refractivity contribution in [1.82, 2.24) is 4.98 Å². The van der Waals surface area contributed by atoms with E-state index in [4.69, 9.17) is 5.26 Å². The van der Waals surface area contributed by atoms with E-state index in [1.165, 1.54) is 0 Å². The first kappa shape index (κ1) is 6.49. The molecule has 0 bridgehead atoms. The third-order valence-electron chi connectivity index (χ3n) is 0.930. The molecule has 1 aromatic rings. The predicted molar refractivity (Wildman–Crippen MR) is 31.7 cm³/mol. The number of pyridine rings is 1. The Morgan fingerprint density at radius 1 is 1.60 bits per heavy atom. The van der Waals surface area contributed by atoms with Crippen LogP contribution in [0.2, 0.25) is 0 Å². The fourth-order valence-electron chi connectivity index (χ4n) is 0.570. The van der Waals surface area contributed by atoms with Crippen molar-refractivity contribution in [3.63, 3.8) is 0 Å². The summed E-state index contributed by atoms with van der Waals surface area (Å²) >= 11 is 0. The second-order valence-electron chi connectivity index (χ2n) is 1.69. The molecule has 1 heterocycles. The van der Waals surface area contributed by atoms with Crippen molar-refractivity contribution in [2.75, 3.05) is 0 Å². The molecule has 1 aromatic heterocycles. The molecule has 0 aliphatic rings. The zero-order chi connectivity index (χ0) is 7.56. The van der Waals surface area contributed by atoms with Crippen molar-refractivity contribution < 1.29 is 4.39 Å². The number of halogens is 1. The Morgan fingerprint density at radius 3 is 2.80 bits per heavy atom. The molecule has 50 valence electrons. The number of aromatic nitrogens is 1. The van der Waals surface area contributed by atoms with Crippen LogP contribution in [0.25, 0.3) is 0 Å². The van der Waals surface area contributed by atoms with Gasteiger partial charge in [-0.3, -0.25) is 4.79 Å². The van der Waals surface area contributed by atoms with E-state index in [0.717, 1.165) is 12.1 Å². The number of aromatic amines is 1. The summed E-state index contributed by atoms with van der Waals surface area (Å²) in [4.78, 5) is 12.6. The lowest BCUT2D eigenvalue weighted by molar-refractivity contribution is 0.622. The summed E-state index contributed by atoms with van der Waals surface area (Å²) in [5, 5.41) is 8.20. The van der Waals surface area contributed by atoms with Crippen LogP contribution in [0.4, 0.5) is 4.39 Å². The molecule has 4 heteroatoms. The lowest BCUT2D eigenvalue weighted by Gasteiger charge is -1.86. The summed E-state index contributed by atoms with van der Waals surface area (Å²) in [5.74, 6) is -0.694. The van der Waals surface area contributed by atoms with Crippen molar-refractivity contribution >= 4 is 0 Å². The minimum atomic E-state index is -0.694. The second-order valence-corrected chi connectivity index (χ2v) is 1.69. The first-order valence-electron chi connectivity index (χ1n) is 2.52. The highest BCUT2D eigenvalue weighted by atomic mass is 19.1. The van der Waals surface area contributed by atoms with Gasteiger partial charge in [0, 0.05) is 12.1 Å². The molecule has 1 rings (SSSR count). The molecule has 0 fully saturated rings. The summed E-state index contributed by atoms with van der Waals surface area (Å²) in [6, 6.07) is 3.35. The smallest absolute Gasteiger partial charge is 0.251 e. The molecular formula is C6H3FN2O. The van der Waals surface area contributed by atoms with E-state index >= 15 is 0 Å². The van der Waals surface area contributed by atoms with Gasteiger partial charge >= 0.3 is 0 Å². The Balaban J connectivity index is 3.36. The van der Waals surface area contributed by atoms with Gasteiger partial charge < -0.3 is 4.98 Å². The monoisotopic (exact) mass is 138 g/mol. The van der Waals surface area contributed by atoms with Crippen LogP contribution in [0.3, 0.4) is 0 Å². The highest BCUT2D eigenvalue weighted by molar-refractivity contribution is 5.19. The summed E-state index contributed by atoms with van der Waals surface area (Å²) in [5.41, 5.74) is -0.665. The Kier molecular flexibility index (Phi) is 1.50. The van der Waals surface area contributed by atoms with E-state index in [1.807, 2.05) is 0 Å². The summed E-state index contributed by atoms with van der Waals surface area (Å²) in [6.45, 7) is 0. The van der Waals surface area contributed by atoms with E-state index in [-0.39, 0.29) is 5.69 Å². The number of nitriles is 1. The quantitative estimate of drug-likeness (QED) is 0.563. The lowest BCUT2D eigenvalue weighted by Crippen LogP contribution is -2.06. The van der Waals surface area contributed by atoms with E-state index in [0.29, 0.717) is 0 Å². The third kappa shape index (κ3) is 1.20. The second kappa shape index (κ2) is 2.31. The number of nitrogens with one attached hydrogen (secondary N) is 1. The number of hydrogen-bond donors (Lipinski definition) is 1.